The molecule has 0 saturated carbocycles. The fraction of sp³-hybridized carbons (Fsp3) is 0.263. The molecule has 0 fully saturated rings. The van der Waals surface area contributed by atoms with Crippen LogP contribution in [0.3, 0.4) is 0 Å². The third-order valence-corrected chi connectivity index (χ3v) is 3.86. The minimum Gasteiger partial charge on any atom is -0.490 e. The number of hydrogen-bond donors (Lipinski definition) is 2. The third-order valence-electron chi connectivity index (χ3n) is 3.86. The first kappa shape index (κ1) is 16.8. The van der Waals surface area contributed by atoms with Gasteiger partial charge in [0, 0.05) is 23.4 Å². The highest BCUT2D eigenvalue weighted by Crippen LogP contribution is 2.29. The Hall–Kier alpha value is -3.02. The van der Waals surface area contributed by atoms with Gasteiger partial charge >= 0.3 is 0 Å². The highest BCUT2D eigenvalue weighted by atomic mass is 16.5. The number of amides is 2. The first-order chi connectivity index (χ1) is 12.1. The molecule has 6 heteroatoms. The molecule has 0 radical (unpaired) electrons. The van der Waals surface area contributed by atoms with Crippen molar-refractivity contribution in [1.29, 1.82) is 0 Å². The number of carbonyl (C=O) groups excluding carboxylic acids is 2. The molecule has 3 rings (SSSR count). The normalized spacial score (nSPS) is 12.3. The zero-order valence-corrected chi connectivity index (χ0v) is 14.2. The maximum absolute atomic E-state index is 12.5. The average molecular weight is 340 g/mol. The van der Waals surface area contributed by atoms with Crippen LogP contribution in [0.25, 0.3) is 0 Å². The number of anilines is 1. The number of rotatable bonds is 6. The van der Waals surface area contributed by atoms with Crippen LogP contribution in [0.15, 0.2) is 36.4 Å². The number of carbonyl (C=O) groups is 2. The summed E-state index contributed by atoms with van der Waals surface area (Å²) >= 11 is 0. The van der Waals surface area contributed by atoms with E-state index < -0.39 is 0 Å². The quantitative estimate of drug-likeness (QED) is 0.847. The topological polar surface area (TPSA) is 76.7 Å². The smallest absolute Gasteiger partial charge is 0.255 e. The van der Waals surface area contributed by atoms with Crippen LogP contribution in [0, 0.1) is 0 Å². The molecule has 2 aromatic carbocycles. The van der Waals surface area contributed by atoms with Crippen molar-refractivity contribution in [3.05, 3.63) is 53.1 Å². The second kappa shape index (κ2) is 7.25. The maximum atomic E-state index is 12.5. The van der Waals surface area contributed by atoms with E-state index in [-0.39, 0.29) is 11.8 Å². The van der Waals surface area contributed by atoms with Crippen molar-refractivity contribution in [1.82, 2.24) is 5.32 Å². The van der Waals surface area contributed by atoms with Crippen molar-refractivity contribution in [2.24, 2.45) is 0 Å². The first-order valence-electron chi connectivity index (χ1n) is 8.24. The minimum atomic E-state index is -0.276. The summed E-state index contributed by atoms with van der Waals surface area (Å²) in [7, 11) is 0. The van der Waals surface area contributed by atoms with Crippen molar-refractivity contribution in [2.45, 2.75) is 20.4 Å². The lowest BCUT2D eigenvalue weighted by molar-refractivity contribution is 0.0964. The van der Waals surface area contributed by atoms with Gasteiger partial charge in [-0.3, -0.25) is 9.59 Å². The Morgan fingerprint density at radius 3 is 2.60 bits per heavy atom. The molecule has 0 saturated heterocycles. The van der Waals surface area contributed by atoms with Crippen LogP contribution in [-0.4, -0.2) is 25.0 Å². The van der Waals surface area contributed by atoms with Crippen molar-refractivity contribution >= 4 is 17.5 Å². The Morgan fingerprint density at radius 1 is 1.08 bits per heavy atom. The van der Waals surface area contributed by atoms with Gasteiger partial charge in [0.05, 0.1) is 13.2 Å². The fourth-order valence-corrected chi connectivity index (χ4v) is 2.69. The predicted molar refractivity (Wildman–Crippen MR) is 94.3 cm³/mol. The standard InChI is InChI=1S/C19H20N2O4/c1-3-24-16-8-6-12(9-17(16)25-4-2)18(22)21-14-7-5-13-11-20-19(23)15(13)10-14/h5-10H,3-4,11H2,1-2H3,(H,20,23)(H,21,22). The molecule has 2 N–H and O–H groups in total. The van der Waals surface area contributed by atoms with Gasteiger partial charge in [0.1, 0.15) is 0 Å². The van der Waals surface area contributed by atoms with E-state index in [1.54, 1.807) is 30.3 Å². The molecular formula is C19H20N2O4. The number of ether oxygens (including phenoxy) is 2. The van der Waals surface area contributed by atoms with E-state index in [2.05, 4.69) is 10.6 Å². The highest BCUT2D eigenvalue weighted by Gasteiger charge is 2.19. The maximum Gasteiger partial charge on any atom is 0.255 e. The summed E-state index contributed by atoms with van der Waals surface area (Å²) in [6.07, 6.45) is 0. The largest absolute Gasteiger partial charge is 0.490 e. The molecule has 1 heterocycles. The van der Waals surface area contributed by atoms with E-state index in [1.165, 1.54) is 0 Å². The molecule has 6 nitrogen and oxygen atoms in total. The monoisotopic (exact) mass is 340 g/mol. The van der Waals surface area contributed by atoms with Gasteiger partial charge in [0.2, 0.25) is 0 Å². The van der Waals surface area contributed by atoms with Crippen LogP contribution in [0.1, 0.15) is 40.1 Å². The molecule has 0 bridgehead atoms. The van der Waals surface area contributed by atoms with E-state index in [9.17, 15) is 9.59 Å². The Kier molecular flexibility index (Phi) is 4.88. The van der Waals surface area contributed by atoms with E-state index in [4.69, 9.17) is 9.47 Å². The van der Waals surface area contributed by atoms with Crippen molar-refractivity contribution < 1.29 is 19.1 Å². The average Bonchev–Trinajstić information content (AvgIpc) is 2.97. The molecule has 2 aromatic rings. The Morgan fingerprint density at radius 2 is 1.84 bits per heavy atom. The van der Waals surface area contributed by atoms with E-state index >= 15 is 0 Å². The summed E-state index contributed by atoms with van der Waals surface area (Å²) in [5.41, 5.74) is 2.56. The number of benzene rings is 2. The summed E-state index contributed by atoms with van der Waals surface area (Å²) < 4.78 is 11.1. The summed E-state index contributed by atoms with van der Waals surface area (Å²) in [5.74, 6) is 0.744. The molecule has 1 aliphatic heterocycles. The van der Waals surface area contributed by atoms with Gasteiger partial charge in [0.15, 0.2) is 11.5 Å². The van der Waals surface area contributed by atoms with Crippen LogP contribution < -0.4 is 20.1 Å². The third kappa shape index (κ3) is 3.57. The van der Waals surface area contributed by atoms with Crippen LogP contribution in [-0.2, 0) is 6.54 Å². The molecule has 1 aliphatic rings. The van der Waals surface area contributed by atoms with Gasteiger partial charge in [0.25, 0.3) is 11.8 Å². The number of fused-ring (bicyclic) bond motifs is 1. The second-order valence-electron chi connectivity index (χ2n) is 5.54. The van der Waals surface area contributed by atoms with Gasteiger partial charge in [-0.25, -0.2) is 0 Å². The molecule has 0 atom stereocenters. The Balaban J connectivity index is 1.80. The summed E-state index contributed by atoms with van der Waals surface area (Å²) in [5, 5.41) is 5.57. The zero-order valence-electron chi connectivity index (χ0n) is 14.2. The molecule has 130 valence electrons. The fourth-order valence-electron chi connectivity index (χ4n) is 2.69. The molecule has 0 spiro atoms. The lowest BCUT2D eigenvalue weighted by Crippen LogP contribution is -2.14. The van der Waals surface area contributed by atoms with Crippen molar-refractivity contribution in [3.8, 4) is 11.5 Å². The summed E-state index contributed by atoms with van der Waals surface area (Å²) in [6, 6.07) is 10.4. The first-order valence-corrected chi connectivity index (χ1v) is 8.24. The Bertz CT molecular complexity index is 817. The molecule has 0 aliphatic carbocycles. The molecule has 0 aromatic heterocycles. The number of nitrogens with one attached hydrogen (secondary N) is 2. The second-order valence-corrected chi connectivity index (χ2v) is 5.54. The van der Waals surface area contributed by atoms with Gasteiger partial charge in [-0.2, -0.15) is 0 Å². The minimum absolute atomic E-state index is 0.120. The lowest BCUT2D eigenvalue weighted by atomic mass is 10.1. The van der Waals surface area contributed by atoms with Crippen LogP contribution >= 0.6 is 0 Å². The van der Waals surface area contributed by atoms with Gasteiger partial charge in [-0.15, -0.1) is 0 Å². The SMILES string of the molecule is CCOc1ccc(C(=O)Nc2ccc3c(c2)C(=O)NC3)cc1OCC. The predicted octanol–water partition coefficient (Wildman–Crippen LogP) is 2.98. The highest BCUT2D eigenvalue weighted by molar-refractivity contribution is 6.06. The Labute approximate surface area is 146 Å². The lowest BCUT2D eigenvalue weighted by Gasteiger charge is -2.12. The van der Waals surface area contributed by atoms with Crippen LogP contribution in [0.4, 0.5) is 5.69 Å². The number of hydrogen-bond acceptors (Lipinski definition) is 4. The zero-order chi connectivity index (χ0) is 17.8. The van der Waals surface area contributed by atoms with Crippen molar-refractivity contribution in [3.63, 3.8) is 0 Å². The van der Waals surface area contributed by atoms with E-state index in [1.807, 2.05) is 19.9 Å². The van der Waals surface area contributed by atoms with Crippen molar-refractivity contribution in [2.75, 3.05) is 18.5 Å². The van der Waals surface area contributed by atoms with E-state index in [0.717, 1.165) is 5.56 Å². The molecule has 2 amide bonds. The van der Waals surface area contributed by atoms with E-state index in [0.29, 0.717) is 48.1 Å². The molecular weight excluding hydrogens is 320 g/mol. The molecule has 0 unspecified atom stereocenters. The van der Waals surface area contributed by atoms with Crippen LogP contribution in [0.2, 0.25) is 0 Å². The van der Waals surface area contributed by atoms with Gasteiger partial charge in [-0.1, -0.05) is 6.07 Å². The van der Waals surface area contributed by atoms with Gasteiger partial charge in [-0.05, 0) is 49.7 Å². The van der Waals surface area contributed by atoms with Gasteiger partial charge < -0.3 is 20.1 Å². The summed E-state index contributed by atoms with van der Waals surface area (Å²) in [4.78, 5) is 24.2. The molecule has 25 heavy (non-hydrogen) atoms. The summed E-state index contributed by atoms with van der Waals surface area (Å²) in [6.45, 7) is 5.28. The van der Waals surface area contributed by atoms with Crippen LogP contribution in [0.5, 0.6) is 11.5 Å².